The van der Waals surface area contributed by atoms with Gasteiger partial charge in [-0.15, -0.1) is 0 Å². The van der Waals surface area contributed by atoms with Gasteiger partial charge in [-0.1, -0.05) is 164 Å². The Kier molecular flexibility index (Phi) is 33.9. The first-order valence-electron chi connectivity index (χ1n) is 21.5. The van der Waals surface area contributed by atoms with E-state index in [0.717, 1.165) is 32.1 Å². The molecule has 6 atom stereocenters. The van der Waals surface area contributed by atoms with Crippen LogP contribution in [-0.4, -0.2) is 102 Å². The highest BCUT2D eigenvalue weighted by Crippen LogP contribution is 2.38. The standard InChI is InChI=1S/C44H81N2O9P/c1-6-8-10-11-12-13-14-15-16-17-18-19-23-27-32-41(48)40(38-55-56(52,53)54-37-36-46(3,4)5)45-44(51)35-29-34-43(50)42(49)33-28-24-21-20-22-26-31-39(47)30-25-9-7-2/h9,20-22,24-26,28,31,33,39-43,47-50H,6-8,10-19,23,27,29-30,32,34-38H2,1-5H3,(H-,45,51,52,53)/b22-20+,24-21-,25-9-,31-26+,33-28-/t39-,40-,41+,42+,43+/m0/s1. The Morgan fingerprint density at radius 3 is 1.77 bits per heavy atom. The van der Waals surface area contributed by atoms with E-state index in [4.69, 9.17) is 9.05 Å². The average molecular weight is 813 g/mol. The molecule has 0 aromatic carbocycles. The molecule has 1 amide bonds. The van der Waals surface area contributed by atoms with Gasteiger partial charge < -0.3 is 44.2 Å². The second-order valence-electron chi connectivity index (χ2n) is 15.9. The lowest BCUT2D eigenvalue weighted by atomic mass is 10.0. The van der Waals surface area contributed by atoms with Gasteiger partial charge in [-0.3, -0.25) is 9.36 Å². The van der Waals surface area contributed by atoms with E-state index in [1.807, 2.05) is 40.2 Å². The van der Waals surface area contributed by atoms with Crippen molar-refractivity contribution in [3.63, 3.8) is 0 Å². The van der Waals surface area contributed by atoms with Gasteiger partial charge in [-0.05, 0) is 32.1 Å². The van der Waals surface area contributed by atoms with E-state index in [1.54, 1.807) is 42.5 Å². The third-order valence-electron chi connectivity index (χ3n) is 9.36. The number of nitrogens with zero attached hydrogens (tertiary/aromatic N) is 1. The minimum atomic E-state index is -4.66. The van der Waals surface area contributed by atoms with Crippen molar-refractivity contribution in [2.75, 3.05) is 40.9 Å². The number of amides is 1. The van der Waals surface area contributed by atoms with Crippen LogP contribution >= 0.6 is 7.82 Å². The fourth-order valence-corrected chi connectivity index (χ4v) is 6.51. The summed E-state index contributed by atoms with van der Waals surface area (Å²) in [7, 11) is 1.08. The Labute approximate surface area is 340 Å². The Bertz CT molecular complexity index is 1150. The molecule has 0 aliphatic carbocycles. The highest BCUT2D eigenvalue weighted by atomic mass is 31.2. The number of hydrogen-bond donors (Lipinski definition) is 5. The number of quaternary nitrogens is 1. The van der Waals surface area contributed by atoms with Gasteiger partial charge >= 0.3 is 0 Å². The number of nitrogens with one attached hydrogen (secondary N) is 1. The summed E-state index contributed by atoms with van der Waals surface area (Å²) in [6.07, 6.45) is 33.0. The minimum absolute atomic E-state index is 0.00636. The average Bonchev–Trinajstić information content (AvgIpc) is 3.13. The monoisotopic (exact) mass is 813 g/mol. The van der Waals surface area contributed by atoms with E-state index in [2.05, 4.69) is 12.2 Å². The van der Waals surface area contributed by atoms with Crippen molar-refractivity contribution in [1.82, 2.24) is 5.32 Å². The van der Waals surface area contributed by atoms with Gasteiger partial charge in [-0.25, -0.2) is 0 Å². The number of aliphatic hydroxyl groups is 4. The minimum Gasteiger partial charge on any atom is -0.756 e. The van der Waals surface area contributed by atoms with E-state index in [9.17, 15) is 34.7 Å². The second kappa shape index (κ2) is 35.1. The van der Waals surface area contributed by atoms with Gasteiger partial charge in [0.1, 0.15) is 13.2 Å². The van der Waals surface area contributed by atoms with Gasteiger partial charge in [0.05, 0.1) is 58.2 Å². The number of aliphatic hydroxyl groups excluding tert-OH is 4. The summed E-state index contributed by atoms with van der Waals surface area (Å²) < 4.78 is 23.1. The van der Waals surface area contributed by atoms with Gasteiger partial charge in [0, 0.05) is 6.42 Å². The molecular weight excluding hydrogens is 731 g/mol. The number of likely N-dealkylation sites (N-methyl/N-ethyl adjacent to an activating group) is 1. The molecular formula is C44H81N2O9P. The summed E-state index contributed by atoms with van der Waals surface area (Å²) in [6, 6.07) is -0.962. The van der Waals surface area contributed by atoms with Crippen molar-refractivity contribution < 1.29 is 48.2 Å². The smallest absolute Gasteiger partial charge is 0.268 e. The van der Waals surface area contributed by atoms with Crippen LogP contribution in [0.3, 0.4) is 0 Å². The van der Waals surface area contributed by atoms with Crippen molar-refractivity contribution in [2.24, 2.45) is 0 Å². The molecule has 0 spiro atoms. The molecule has 0 saturated carbocycles. The van der Waals surface area contributed by atoms with Crippen LogP contribution in [-0.2, 0) is 18.4 Å². The number of phosphoric ester groups is 1. The van der Waals surface area contributed by atoms with E-state index in [-0.39, 0.29) is 25.9 Å². The fraction of sp³-hybridized carbons (Fsp3) is 0.750. The summed E-state index contributed by atoms with van der Waals surface area (Å²) in [5, 5.41) is 44.3. The zero-order valence-corrected chi connectivity index (χ0v) is 36.5. The van der Waals surface area contributed by atoms with Crippen LogP contribution in [0.4, 0.5) is 0 Å². The molecule has 0 fully saturated rings. The van der Waals surface area contributed by atoms with Crippen molar-refractivity contribution in [2.45, 2.75) is 173 Å². The SMILES string of the molecule is CC/C=C\C[C@H](O)/C=C/C=C/C=C\C=C/[C@@H](O)[C@H](O)CCCC(=O)N[C@@H](COP(=O)([O-])OCC[N+](C)(C)C)[C@H](O)CCCCCCCCCCCCCCCC. The summed E-state index contributed by atoms with van der Waals surface area (Å²) in [5.41, 5.74) is 0. The van der Waals surface area contributed by atoms with Crippen molar-refractivity contribution in [1.29, 1.82) is 0 Å². The maximum absolute atomic E-state index is 12.9. The molecule has 0 aromatic rings. The largest absolute Gasteiger partial charge is 0.756 e. The lowest BCUT2D eigenvalue weighted by Crippen LogP contribution is -2.46. The van der Waals surface area contributed by atoms with E-state index >= 15 is 0 Å². The maximum Gasteiger partial charge on any atom is 0.268 e. The molecule has 0 aliphatic heterocycles. The third-order valence-corrected chi connectivity index (χ3v) is 10.3. The Hall–Kier alpha value is -1.92. The molecule has 1 unspecified atom stereocenters. The number of rotatable bonds is 37. The number of hydrogen-bond acceptors (Lipinski definition) is 9. The number of carbonyl (C=O) groups excluding carboxylic acids is 1. The maximum atomic E-state index is 12.9. The Balaban J connectivity index is 4.78. The van der Waals surface area contributed by atoms with Crippen molar-refractivity contribution in [3.8, 4) is 0 Å². The van der Waals surface area contributed by atoms with Gasteiger partial charge in [0.2, 0.25) is 5.91 Å². The number of phosphoric acid groups is 1. The van der Waals surface area contributed by atoms with Crippen LogP contribution in [0, 0.1) is 0 Å². The Morgan fingerprint density at radius 2 is 1.21 bits per heavy atom. The topological polar surface area (TPSA) is 169 Å². The van der Waals surface area contributed by atoms with Crippen LogP contribution in [0.5, 0.6) is 0 Å². The Morgan fingerprint density at radius 1 is 0.696 bits per heavy atom. The lowest BCUT2D eigenvalue weighted by Gasteiger charge is -2.30. The van der Waals surface area contributed by atoms with Crippen molar-refractivity contribution in [3.05, 3.63) is 60.8 Å². The molecule has 0 radical (unpaired) electrons. The van der Waals surface area contributed by atoms with Crippen LogP contribution in [0.25, 0.3) is 0 Å². The van der Waals surface area contributed by atoms with Crippen LogP contribution in [0.1, 0.15) is 142 Å². The highest BCUT2D eigenvalue weighted by Gasteiger charge is 2.24. The zero-order chi connectivity index (χ0) is 41.9. The first-order valence-corrected chi connectivity index (χ1v) is 22.9. The van der Waals surface area contributed by atoms with Crippen LogP contribution in [0.2, 0.25) is 0 Å². The van der Waals surface area contributed by atoms with Gasteiger partial charge in [-0.2, -0.15) is 0 Å². The van der Waals surface area contributed by atoms with Gasteiger partial charge in [0.15, 0.2) is 0 Å². The first-order chi connectivity index (χ1) is 26.7. The molecule has 0 rings (SSSR count). The predicted molar refractivity (Wildman–Crippen MR) is 228 cm³/mol. The molecule has 11 nitrogen and oxygen atoms in total. The number of unbranched alkanes of at least 4 members (excludes halogenated alkanes) is 13. The molecule has 5 N–H and O–H groups in total. The quantitative estimate of drug-likeness (QED) is 0.0139. The zero-order valence-electron chi connectivity index (χ0n) is 35.6. The van der Waals surface area contributed by atoms with Crippen LogP contribution in [0.15, 0.2) is 60.8 Å². The predicted octanol–water partition coefficient (Wildman–Crippen LogP) is 7.75. The molecule has 56 heavy (non-hydrogen) atoms. The summed E-state index contributed by atoms with van der Waals surface area (Å²) in [4.78, 5) is 25.3. The van der Waals surface area contributed by atoms with E-state index < -0.39 is 50.8 Å². The number of allylic oxidation sites excluding steroid dienone is 7. The first kappa shape index (κ1) is 54.1. The molecule has 0 heterocycles. The van der Waals surface area contributed by atoms with Crippen molar-refractivity contribution >= 4 is 13.7 Å². The highest BCUT2D eigenvalue weighted by molar-refractivity contribution is 7.45. The van der Waals surface area contributed by atoms with Gasteiger partial charge in [0.25, 0.3) is 7.82 Å². The molecule has 0 aliphatic rings. The van der Waals surface area contributed by atoms with E-state index in [0.29, 0.717) is 23.9 Å². The number of carbonyl (C=O) groups is 1. The molecule has 0 aromatic heterocycles. The molecule has 0 bridgehead atoms. The summed E-state index contributed by atoms with van der Waals surface area (Å²) in [6.45, 7) is 4.22. The lowest BCUT2D eigenvalue weighted by molar-refractivity contribution is -0.870. The van der Waals surface area contributed by atoms with E-state index in [1.165, 1.54) is 70.3 Å². The summed E-state index contributed by atoms with van der Waals surface area (Å²) in [5.74, 6) is -0.420. The van der Waals surface area contributed by atoms with Crippen LogP contribution < -0.4 is 10.2 Å². The fourth-order valence-electron chi connectivity index (χ4n) is 5.79. The normalized spacial score (nSPS) is 16.7. The molecule has 0 saturated heterocycles. The molecule has 326 valence electrons. The summed E-state index contributed by atoms with van der Waals surface area (Å²) >= 11 is 0. The molecule has 12 heteroatoms. The second-order valence-corrected chi connectivity index (χ2v) is 17.3. The third kappa shape index (κ3) is 35.3.